The summed E-state index contributed by atoms with van der Waals surface area (Å²) < 4.78 is 4.50. The van der Waals surface area contributed by atoms with Gasteiger partial charge in [-0.05, 0) is 6.92 Å². The average molecular weight is 132 g/mol. The number of ether oxygens (including phenoxy) is 1. The van der Waals surface area contributed by atoms with Crippen molar-refractivity contribution in [3.05, 3.63) is 13.2 Å². The summed E-state index contributed by atoms with van der Waals surface area (Å²) in [4.78, 5) is 9.63. The fourth-order valence-electron chi connectivity index (χ4n) is 0.189. The third-order valence-electron chi connectivity index (χ3n) is 0.430. The maximum absolute atomic E-state index is 9.63. The van der Waals surface area contributed by atoms with E-state index in [1.165, 1.54) is 0 Å². The molecular formula is C6H12O3. The van der Waals surface area contributed by atoms with Gasteiger partial charge in [-0.2, -0.15) is 0 Å². The minimum absolute atomic E-state index is 0.184. The third-order valence-corrected chi connectivity index (χ3v) is 0.430. The van der Waals surface area contributed by atoms with Crippen LogP contribution < -0.4 is 0 Å². The maximum Gasteiger partial charge on any atom is 0.329 e. The van der Waals surface area contributed by atoms with E-state index < -0.39 is 5.97 Å². The monoisotopic (exact) mass is 132 g/mol. The van der Waals surface area contributed by atoms with E-state index in [0.717, 1.165) is 0 Å². The van der Waals surface area contributed by atoms with Crippen molar-refractivity contribution in [1.82, 2.24) is 0 Å². The standard InChI is InChI=1S/C4H8O3.C2H4/c1-2-7-3-4(5)6;1-2/h2-3H2,1H3,(H,5,6);1-2H2. The summed E-state index contributed by atoms with van der Waals surface area (Å²) in [5.41, 5.74) is 0. The third kappa shape index (κ3) is 19.1. The quantitative estimate of drug-likeness (QED) is 0.580. The number of carbonyl (C=O) groups is 1. The van der Waals surface area contributed by atoms with Crippen LogP contribution in [-0.4, -0.2) is 24.3 Å². The van der Waals surface area contributed by atoms with Crippen molar-refractivity contribution in [2.24, 2.45) is 0 Å². The number of hydrogen-bond donors (Lipinski definition) is 1. The molecule has 3 nitrogen and oxygen atoms in total. The van der Waals surface area contributed by atoms with E-state index in [1.54, 1.807) is 6.92 Å². The summed E-state index contributed by atoms with van der Waals surface area (Å²) in [5.74, 6) is -0.915. The van der Waals surface area contributed by atoms with Gasteiger partial charge in [0.15, 0.2) is 0 Å². The molecule has 0 spiro atoms. The molecule has 54 valence electrons. The van der Waals surface area contributed by atoms with Gasteiger partial charge in [-0.3, -0.25) is 0 Å². The van der Waals surface area contributed by atoms with E-state index in [4.69, 9.17) is 5.11 Å². The molecule has 0 atom stereocenters. The van der Waals surface area contributed by atoms with Crippen molar-refractivity contribution in [1.29, 1.82) is 0 Å². The van der Waals surface area contributed by atoms with Gasteiger partial charge in [0.25, 0.3) is 0 Å². The molecule has 3 heteroatoms. The molecule has 0 amide bonds. The van der Waals surface area contributed by atoms with Gasteiger partial charge in [0.2, 0.25) is 0 Å². The van der Waals surface area contributed by atoms with Crippen LogP contribution in [0.4, 0.5) is 0 Å². The second-order valence-corrected chi connectivity index (χ2v) is 1.03. The van der Waals surface area contributed by atoms with Gasteiger partial charge in [-0.15, -0.1) is 13.2 Å². The lowest BCUT2D eigenvalue weighted by Crippen LogP contribution is -2.05. The molecule has 9 heavy (non-hydrogen) atoms. The fraction of sp³-hybridized carbons (Fsp3) is 0.500. The minimum Gasteiger partial charge on any atom is -0.480 e. The van der Waals surface area contributed by atoms with Gasteiger partial charge in [-0.1, -0.05) is 0 Å². The molecule has 0 radical (unpaired) electrons. The average Bonchev–Trinajstić information content (AvgIpc) is 1.88. The van der Waals surface area contributed by atoms with Crippen molar-refractivity contribution in [3.8, 4) is 0 Å². The topological polar surface area (TPSA) is 46.5 Å². The highest BCUT2D eigenvalue weighted by Gasteiger charge is 1.90. The van der Waals surface area contributed by atoms with E-state index in [9.17, 15) is 4.79 Å². The number of aliphatic carboxylic acids is 1. The molecule has 0 aliphatic carbocycles. The Morgan fingerprint density at radius 2 is 2.11 bits per heavy atom. The van der Waals surface area contributed by atoms with Crippen molar-refractivity contribution in [2.45, 2.75) is 6.92 Å². The summed E-state index contributed by atoms with van der Waals surface area (Å²) >= 11 is 0. The lowest BCUT2D eigenvalue weighted by atomic mass is 10.7. The normalized spacial score (nSPS) is 7.22. The van der Waals surface area contributed by atoms with Crippen molar-refractivity contribution in [2.75, 3.05) is 13.2 Å². The van der Waals surface area contributed by atoms with Crippen LogP contribution >= 0.6 is 0 Å². The molecule has 0 saturated heterocycles. The largest absolute Gasteiger partial charge is 0.480 e. The van der Waals surface area contributed by atoms with Gasteiger partial charge in [0, 0.05) is 6.61 Å². The zero-order valence-electron chi connectivity index (χ0n) is 5.59. The molecule has 0 bridgehead atoms. The van der Waals surface area contributed by atoms with Crippen LogP contribution in [0.25, 0.3) is 0 Å². The molecule has 1 N–H and O–H groups in total. The van der Waals surface area contributed by atoms with Gasteiger partial charge >= 0.3 is 5.97 Å². The van der Waals surface area contributed by atoms with Gasteiger partial charge < -0.3 is 9.84 Å². The van der Waals surface area contributed by atoms with Gasteiger partial charge in [0.05, 0.1) is 0 Å². The molecule has 0 aliphatic heterocycles. The Kier molecular flexibility index (Phi) is 12.5. The first kappa shape index (κ1) is 11.0. The Morgan fingerprint density at radius 1 is 1.67 bits per heavy atom. The molecule has 0 fully saturated rings. The Bertz CT molecular complexity index is 70.7. The predicted molar refractivity (Wildman–Crippen MR) is 35.4 cm³/mol. The Hall–Kier alpha value is -0.830. The lowest BCUT2D eigenvalue weighted by Gasteiger charge is -1.90. The van der Waals surface area contributed by atoms with Crippen molar-refractivity contribution < 1.29 is 14.6 Å². The summed E-state index contributed by atoms with van der Waals surface area (Å²) in [6.07, 6.45) is 0. The molecule has 0 heterocycles. The minimum atomic E-state index is -0.915. The predicted octanol–water partition coefficient (Wildman–Crippen LogP) is 0.910. The molecule has 0 saturated carbocycles. The number of carboxylic acid groups (broad SMARTS) is 1. The lowest BCUT2D eigenvalue weighted by molar-refractivity contribution is -0.142. The highest BCUT2D eigenvalue weighted by Crippen LogP contribution is 1.69. The van der Waals surface area contributed by atoms with E-state index >= 15 is 0 Å². The molecule has 0 aliphatic rings. The SMILES string of the molecule is C=C.CCOCC(=O)O. The first-order valence-corrected chi connectivity index (χ1v) is 2.57. The summed E-state index contributed by atoms with van der Waals surface area (Å²) in [6.45, 7) is 8.03. The van der Waals surface area contributed by atoms with E-state index in [-0.39, 0.29) is 6.61 Å². The van der Waals surface area contributed by atoms with Crippen LogP contribution in [0.3, 0.4) is 0 Å². The molecule has 0 aromatic carbocycles. The van der Waals surface area contributed by atoms with Crippen LogP contribution in [-0.2, 0) is 9.53 Å². The highest BCUT2D eigenvalue weighted by molar-refractivity contribution is 5.67. The Labute approximate surface area is 54.9 Å². The van der Waals surface area contributed by atoms with E-state index in [1.807, 2.05) is 0 Å². The van der Waals surface area contributed by atoms with Crippen molar-refractivity contribution in [3.63, 3.8) is 0 Å². The van der Waals surface area contributed by atoms with Gasteiger partial charge in [0.1, 0.15) is 6.61 Å². The maximum atomic E-state index is 9.63. The smallest absolute Gasteiger partial charge is 0.329 e. The first-order chi connectivity index (χ1) is 4.27. The van der Waals surface area contributed by atoms with Crippen LogP contribution in [0.1, 0.15) is 6.92 Å². The zero-order chi connectivity index (χ0) is 7.70. The molecule has 0 rings (SSSR count). The van der Waals surface area contributed by atoms with Crippen LogP contribution in [0.15, 0.2) is 13.2 Å². The van der Waals surface area contributed by atoms with Crippen LogP contribution in [0.2, 0.25) is 0 Å². The zero-order valence-corrected chi connectivity index (χ0v) is 5.59. The second-order valence-electron chi connectivity index (χ2n) is 1.03. The van der Waals surface area contributed by atoms with Gasteiger partial charge in [-0.25, -0.2) is 4.79 Å². The molecule has 0 aromatic heterocycles. The number of rotatable bonds is 3. The number of hydrogen-bond acceptors (Lipinski definition) is 2. The number of carboxylic acids is 1. The highest BCUT2D eigenvalue weighted by atomic mass is 16.5. The van der Waals surface area contributed by atoms with Crippen molar-refractivity contribution >= 4 is 5.97 Å². The molecular weight excluding hydrogens is 120 g/mol. The summed E-state index contributed by atoms with van der Waals surface area (Å²) in [5, 5.41) is 7.92. The first-order valence-electron chi connectivity index (χ1n) is 2.57. The second kappa shape index (κ2) is 10.2. The van der Waals surface area contributed by atoms with Crippen LogP contribution in [0.5, 0.6) is 0 Å². The molecule has 0 aromatic rings. The summed E-state index contributed by atoms with van der Waals surface area (Å²) in [6, 6.07) is 0. The molecule has 0 unspecified atom stereocenters. The van der Waals surface area contributed by atoms with E-state index in [0.29, 0.717) is 6.61 Å². The summed E-state index contributed by atoms with van der Waals surface area (Å²) in [7, 11) is 0. The van der Waals surface area contributed by atoms with E-state index in [2.05, 4.69) is 17.9 Å². The Morgan fingerprint density at radius 3 is 2.22 bits per heavy atom. The fourth-order valence-corrected chi connectivity index (χ4v) is 0.189. The van der Waals surface area contributed by atoms with Crippen LogP contribution in [0, 0.1) is 0 Å². The Balaban J connectivity index is 0.